The number of nitrogens with zero attached hydrogens (tertiary/aromatic N) is 2. The van der Waals surface area contributed by atoms with Crippen LogP contribution >= 0.6 is 11.3 Å². The summed E-state index contributed by atoms with van der Waals surface area (Å²) >= 11 is 1.49. The second kappa shape index (κ2) is 11.4. The molecule has 2 aromatic rings. The maximum Gasteiger partial charge on any atom is 0.341 e. The number of carbonyl (C=O) groups is 3. The zero-order chi connectivity index (χ0) is 24.9. The molecule has 1 saturated carbocycles. The van der Waals surface area contributed by atoms with Gasteiger partial charge < -0.3 is 9.64 Å². The molecule has 2 amide bonds. The van der Waals surface area contributed by atoms with E-state index in [1.807, 2.05) is 46.2 Å². The number of piperidine rings is 1. The predicted molar refractivity (Wildman–Crippen MR) is 140 cm³/mol. The average Bonchev–Trinajstić information content (AvgIpc) is 3.31. The van der Waals surface area contributed by atoms with Crippen LogP contribution in [0.2, 0.25) is 0 Å². The lowest BCUT2D eigenvalue weighted by Crippen LogP contribution is -2.50. The van der Waals surface area contributed by atoms with Gasteiger partial charge in [0.2, 0.25) is 11.8 Å². The van der Waals surface area contributed by atoms with Crippen molar-refractivity contribution in [3.63, 3.8) is 0 Å². The Morgan fingerprint density at radius 2 is 1.69 bits per heavy atom. The van der Waals surface area contributed by atoms with Crippen LogP contribution in [-0.2, 0) is 14.3 Å². The quantitative estimate of drug-likeness (QED) is 0.477. The fraction of sp³-hybridized carbons (Fsp3) is 0.536. The van der Waals surface area contributed by atoms with E-state index in [4.69, 9.17) is 4.74 Å². The third-order valence-electron chi connectivity index (χ3n) is 7.36. The lowest BCUT2D eigenvalue weighted by Gasteiger charge is -2.40. The summed E-state index contributed by atoms with van der Waals surface area (Å²) in [5, 5.41) is 0.687. The van der Waals surface area contributed by atoms with Crippen LogP contribution in [0.15, 0.2) is 36.4 Å². The van der Waals surface area contributed by atoms with Crippen molar-refractivity contribution >= 4 is 34.1 Å². The minimum Gasteiger partial charge on any atom is -0.462 e. The first kappa shape index (κ1) is 25.4. The van der Waals surface area contributed by atoms with Crippen LogP contribution in [0.3, 0.4) is 0 Å². The van der Waals surface area contributed by atoms with Gasteiger partial charge in [0.05, 0.1) is 12.2 Å². The Balaban J connectivity index is 1.74. The van der Waals surface area contributed by atoms with Gasteiger partial charge in [-0.1, -0.05) is 37.3 Å². The van der Waals surface area contributed by atoms with Crippen LogP contribution < -0.4 is 4.90 Å². The maximum absolute atomic E-state index is 14.1. The molecule has 1 aliphatic carbocycles. The number of hydrogen-bond acceptors (Lipinski definition) is 5. The Morgan fingerprint density at radius 1 is 1.03 bits per heavy atom. The molecule has 0 radical (unpaired) electrons. The molecule has 0 N–H and O–H groups in total. The molecule has 6 nitrogen and oxygen atoms in total. The number of benzene rings is 1. The molecule has 2 aliphatic rings. The lowest BCUT2D eigenvalue weighted by molar-refractivity contribution is -0.129. The number of esters is 1. The highest BCUT2D eigenvalue weighted by atomic mass is 32.1. The number of amides is 2. The van der Waals surface area contributed by atoms with Crippen LogP contribution in [0, 0.1) is 11.8 Å². The van der Waals surface area contributed by atoms with Crippen molar-refractivity contribution in [3.05, 3.63) is 42.0 Å². The SMILES string of the molecule is CCOC(=O)c1cc(-c2ccccc2)sc1N(C(=O)C1CCC(C)CC1)C1CCN(C(C)=O)CC1. The van der Waals surface area contributed by atoms with Crippen molar-refractivity contribution in [2.45, 2.75) is 65.3 Å². The van der Waals surface area contributed by atoms with E-state index in [0.29, 0.717) is 42.4 Å². The number of thiophene rings is 1. The Hall–Kier alpha value is -2.67. The van der Waals surface area contributed by atoms with E-state index in [0.717, 1.165) is 36.1 Å². The molecule has 2 fully saturated rings. The molecule has 1 aromatic heterocycles. The first-order chi connectivity index (χ1) is 16.9. The number of rotatable bonds is 6. The van der Waals surface area contributed by atoms with Gasteiger partial charge in [-0.3, -0.25) is 14.5 Å². The van der Waals surface area contributed by atoms with Gasteiger partial charge in [0.25, 0.3) is 0 Å². The van der Waals surface area contributed by atoms with Gasteiger partial charge in [0.15, 0.2) is 0 Å². The van der Waals surface area contributed by atoms with Crippen molar-refractivity contribution in [2.75, 3.05) is 24.6 Å². The zero-order valence-electron chi connectivity index (χ0n) is 21.0. The second-order valence-electron chi connectivity index (χ2n) is 9.82. The fourth-order valence-electron chi connectivity index (χ4n) is 5.25. The van der Waals surface area contributed by atoms with Gasteiger partial charge in [-0.25, -0.2) is 4.79 Å². The van der Waals surface area contributed by atoms with Gasteiger partial charge in [-0.05, 0) is 63.0 Å². The molecular weight excluding hydrogens is 460 g/mol. The smallest absolute Gasteiger partial charge is 0.341 e. The summed E-state index contributed by atoms with van der Waals surface area (Å²) in [6, 6.07) is 11.8. The molecule has 188 valence electrons. The highest BCUT2D eigenvalue weighted by Gasteiger charge is 2.38. The van der Waals surface area contributed by atoms with Gasteiger partial charge in [-0.2, -0.15) is 0 Å². The molecule has 1 aliphatic heterocycles. The summed E-state index contributed by atoms with van der Waals surface area (Å²) in [7, 11) is 0. The standard InChI is InChI=1S/C28H36N2O4S/c1-4-34-28(33)24-18-25(21-8-6-5-7-9-21)35-27(24)30(23-14-16-29(17-15-23)20(3)31)26(32)22-12-10-19(2)11-13-22/h5-9,18-19,22-23H,4,10-17H2,1-3H3. The lowest BCUT2D eigenvalue weighted by atomic mass is 9.82. The first-order valence-electron chi connectivity index (χ1n) is 12.8. The largest absolute Gasteiger partial charge is 0.462 e. The Bertz CT molecular complexity index is 1030. The molecule has 7 heteroatoms. The first-order valence-corrected chi connectivity index (χ1v) is 13.7. The third kappa shape index (κ3) is 5.77. The van der Waals surface area contributed by atoms with E-state index < -0.39 is 5.97 Å². The normalized spacial score (nSPS) is 20.9. The molecule has 0 unspecified atom stereocenters. The fourth-order valence-corrected chi connectivity index (χ4v) is 6.48. The molecule has 2 heterocycles. The van der Waals surface area contributed by atoms with E-state index in [1.54, 1.807) is 13.8 Å². The van der Waals surface area contributed by atoms with Crippen LogP contribution in [0.4, 0.5) is 5.00 Å². The maximum atomic E-state index is 14.1. The average molecular weight is 497 g/mol. The van der Waals surface area contributed by atoms with Gasteiger partial charge >= 0.3 is 5.97 Å². The highest BCUT2D eigenvalue weighted by Crippen LogP contribution is 2.42. The van der Waals surface area contributed by atoms with Crippen molar-refractivity contribution < 1.29 is 19.1 Å². The monoisotopic (exact) mass is 496 g/mol. The van der Waals surface area contributed by atoms with Crippen LogP contribution in [0.25, 0.3) is 10.4 Å². The minimum absolute atomic E-state index is 0.0330. The molecular formula is C28H36N2O4S. The van der Waals surface area contributed by atoms with Crippen molar-refractivity contribution in [1.82, 2.24) is 4.90 Å². The van der Waals surface area contributed by atoms with E-state index in [1.165, 1.54) is 11.3 Å². The van der Waals surface area contributed by atoms with E-state index in [9.17, 15) is 14.4 Å². The summed E-state index contributed by atoms with van der Waals surface area (Å²) in [6.45, 7) is 7.16. The Morgan fingerprint density at radius 3 is 2.29 bits per heavy atom. The van der Waals surface area contributed by atoms with Crippen molar-refractivity contribution in [1.29, 1.82) is 0 Å². The molecule has 0 bridgehead atoms. The summed E-state index contributed by atoms with van der Waals surface area (Å²) in [4.78, 5) is 43.8. The molecule has 1 saturated heterocycles. The summed E-state index contributed by atoms with van der Waals surface area (Å²) in [6.07, 6.45) is 5.28. The van der Waals surface area contributed by atoms with E-state index in [2.05, 4.69) is 6.92 Å². The Labute approximate surface area is 212 Å². The van der Waals surface area contributed by atoms with Crippen molar-refractivity contribution in [3.8, 4) is 10.4 Å². The van der Waals surface area contributed by atoms with Gasteiger partial charge in [-0.15, -0.1) is 11.3 Å². The van der Waals surface area contributed by atoms with Gasteiger partial charge in [0, 0.05) is 36.9 Å². The topological polar surface area (TPSA) is 66.9 Å². The van der Waals surface area contributed by atoms with Crippen molar-refractivity contribution in [2.24, 2.45) is 11.8 Å². The molecule has 4 rings (SSSR count). The van der Waals surface area contributed by atoms with Crippen LogP contribution in [0.1, 0.15) is 69.7 Å². The molecule has 0 atom stereocenters. The summed E-state index contributed by atoms with van der Waals surface area (Å²) in [5.74, 6) is 0.404. The molecule has 1 aromatic carbocycles. The molecule has 0 spiro atoms. The van der Waals surface area contributed by atoms with Crippen LogP contribution in [0.5, 0.6) is 0 Å². The number of ether oxygens (including phenoxy) is 1. The predicted octanol–water partition coefficient (Wildman–Crippen LogP) is 5.76. The minimum atomic E-state index is -0.392. The summed E-state index contributed by atoms with van der Waals surface area (Å²) < 4.78 is 5.42. The third-order valence-corrected chi connectivity index (χ3v) is 8.55. The number of hydrogen-bond donors (Lipinski definition) is 0. The van der Waals surface area contributed by atoms with E-state index >= 15 is 0 Å². The number of carbonyl (C=O) groups excluding carboxylic acids is 3. The molecule has 35 heavy (non-hydrogen) atoms. The highest BCUT2D eigenvalue weighted by molar-refractivity contribution is 7.20. The van der Waals surface area contributed by atoms with E-state index in [-0.39, 0.29) is 30.4 Å². The van der Waals surface area contributed by atoms with Gasteiger partial charge in [0.1, 0.15) is 5.00 Å². The number of likely N-dealkylation sites (tertiary alicyclic amines) is 1. The van der Waals surface area contributed by atoms with Crippen LogP contribution in [-0.4, -0.2) is 48.4 Å². The summed E-state index contributed by atoms with van der Waals surface area (Å²) in [5.41, 5.74) is 1.47. The zero-order valence-corrected chi connectivity index (χ0v) is 21.8. The second-order valence-corrected chi connectivity index (χ2v) is 10.8. The number of anilines is 1. The Kier molecular flexibility index (Phi) is 8.26.